The monoisotopic (exact) mass is 213 g/mol. The number of nitrogens with one attached hydrogen (secondary N) is 1. The lowest BCUT2D eigenvalue weighted by atomic mass is 9.97. The number of piperidine rings is 1. The van der Waals surface area contributed by atoms with Crippen LogP contribution in [0.1, 0.15) is 26.2 Å². The van der Waals surface area contributed by atoms with Crippen molar-refractivity contribution in [2.45, 2.75) is 26.2 Å². The van der Waals surface area contributed by atoms with Crippen molar-refractivity contribution in [3.63, 3.8) is 0 Å². The maximum atomic E-state index is 10.7. The number of primary amides is 1. The Morgan fingerprint density at radius 2 is 2.13 bits per heavy atom. The number of carbonyl (C=O) groups is 1. The van der Waals surface area contributed by atoms with Crippen LogP contribution < -0.4 is 11.1 Å². The molecule has 1 aliphatic heterocycles. The van der Waals surface area contributed by atoms with Crippen LogP contribution in [0.2, 0.25) is 0 Å². The summed E-state index contributed by atoms with van der Waals surface area (Å²) in [4.78, 5) is 13.0. The van der Waals surface area contributed by atoms with Crippen molar-refractivity contribution >= 4 is 5.91 Å². The van der Waals surface area contributed by atoms with Gasteiger partial charge in [-0.25, -0.2) is 0 Å². The average Bonchev–Trinajstić information content (AvgIpc) is 2.25. The Hall–Kier alpha value is -0.610. The number of hydrogen-bond acceptors (Lipinski definition) is 3. The average molecular weight is 213 g/mol. The van der Waals surface area contributed by atoms with Crippen LogP contribution in [0.3, 0.4) is 0 Å². The van der Waals surface area contributed by atoms with Crippen LogP contribution in [0, 0.1) is 5.92 Å². The lowest BCUT2D eigenvalue weighted by Gasteiger charge is -2.29. The van der Waals surface area contributed by atoms with E-state index in [1.165, 1.54) is 12.8 Å². The van der Waals surface area contributed by atoms with Crippen molar-refractivity contribution in [1.82, 2.24) is 10.2 Å². The molecule has 3 N–H and O–H groups in total. The number of rotatable bonds is 6. The number of carbonyl (C=O) groups excluding carboxylic acids is 1. The summed E-state index contributed by atoms with van der Waals surface area (Å²) in [5.41, 5.74) is 5.15. The zero-order valence-electron chi connectivity index (χ0n) is 9.67. The lowest BCUT2D eigenvalue weighted by molar-refractivity contribution is -0.118. The van der Waals surface area contributed by atoms with Gasteiger partial charge in [0.15, 0.2) is 0 Å². The molecule has 4 heteroatoms. The number of hydrogen-bond donors (Lipinski definition) is 2. The molecule has 0 radical (unpaired) electrons. The molecule has 0 spiro atoms. The Kier molecular flexibility index (Phi) is 5.65. The van der Waals surface area contributed by atoms with E-state index in [2.05, 4.69) is 17.1 Å². The van der Waals surface area contributed by atoms with Crippen molar-refractivity contribution in [1.29, 1.82) is 0 Å². The van der Waals surface area contributed by atoms with Gasteiger partial charge in [0.25, 0.3) is 0 Å². The zero-order valence-corrected chi connectivity index (χ0v) is 9.67. The van der Waals surface area contributed by atoms with Crippen LogP contribution in [0.15, 0.2) is 0 Å². The molecule has 0 aromatic carbocycles. The van der Waals surface area contributed by atoms with Crippen molar-refractivity contribution in [2.75, 3.05) is 32.7 Å². The van der Waals surface area contributed by atoms with Crippen molar-refractivity contribution < 1.29 is 4.79 Å². The molecule has 0 saturated carbocycles. The van der Waals surface area contributed by atoms with Crippen LogP contribution in [0.4, 0.5) is 0 Å². The summed E-state index contributed by atoms with van der Waals surface area (Å²) in [7, 11) is 0. The van der Waals surface area contributed by atoms with E-state index in [-0.39, 0.29) is 5.91 Å². The minimum absolute atomic E-state index is 0.196. The third-order valence-electron chi connectivity index (χ3n) is 3.10. The molecule has 0 bridgehead atoms. The van der Waals surface area contributed by atoms with Gasteiger partial charge in [-0.15, -0.1) is 0 Å². The van der Waals surface area contributed by atoms with Crippen molar-refractivity contribution in [3.8, 4) is 0 Å². The molecule has 1 saturated heterocycles. The SMILES string of the molecule is CCN(CCC(N)=O)CC1CCNCC1. The second-order valence-corrected chi connectivity index (χ2v) is 4.30. The first kappa shape index (κ1) is 12.5. The standard InChI is InChI=1S/C11H23N3O/c1-2-14(8-5-11(12)15)9-10-3-6-13-7-4-10/h10,13H,2-9H2,1H3,(H2,12,15). The van der Waals surface area contributed by atoms with E-state index in [1.54, 1.807) is 0 Å². The summed E-state index contributed by atoms with van der Waals surface area (Å²) in [5.74, 6) is 0.595. The first-order valence-corrected chi connectivity index (χ1v) is 5.93. The minimum atomic E-state index is -0.196. The number of nitrogens with two attached hydrogens (primary N) is 1. The van der Waals surface area contributed by atoms with Crippen molar-refractivity contribution in [2.24, 2.45) is 11.7 Å². The van der Waals surface area contributed by atoms with Gasteiger partial charge < -0.3 is 16.0 Å². The van der Waals surface area contributed by atoms with Gasteiger partial charge in [0.2, 0.25) is 5.91 Å². The molecule has 0 aliphatic carbocycles. The highest BCUT2D eigenvalue weighted by atomic mass is 16.1. The minimum Gasteiger partial charge on any atom is -0.370 e. The molecule has 1 rings (SSSR count). The third kappa shape index (κ3) is 5.14. The molecule has 1 aliphatic rings. The van der Waals surface area contributed by atoms with Gasteiger partial charge in [-0.2, -0.15) is 0 Å². The molecular formula is C11H23N3O. The van der Waals surface area contributed by atoms with Gasteiger partial charge in [0.1, 0.15) is 0 Å². The van der Waals surface area contributed by atoms with E-state index in [4.69, 9.17) is 5.73 Å². The highest BCUT2D eigenvalue weighted by molar-refractivity contribution is 5.73. The molecule has 15 heavy (non-hydrogen) atoms. The molecule has 0 unspecified atom stereocenters. The van der Waals surface area contributed by atoms with Gasteiger partial charge in [0, 0.05) is 19.5 Å². The van der Waals surface area contributed by atoms with Gasteiger partial charge in [-0.3, -0.25) is 4.79 Å². The van der Waals surface area contributed by atoms with Crippen LogP contribution in [-0.2, 0) is 4.79 Å². The predicted molar refractivity (Wildman–Crippen MR) is 61.5 cm³/mol. The number of nitrogens with zero attached hydrogens (tertiary/aromatic N) is 1. The molecular weight excluding hydrogens is 190 g/mol. The summed E-state index contributed by atoms with van der Waals surface area (Å²) in [6.45, 7) is 7.36. The molecule has 0 aromatic heterocycles. The molecule has 1 fully saturated rings. The summed E-state index contributed by atoms with van der Waals surface area (Å²) in [5, 5.41) is 3.36. The lowest BCUT2D eigenvalue weighted by Crippen LogP contribution is -2.37. The topological polar surface area (TPSA) is 58.4 Å². The van der Waals surface area contributed by atoms with E-state index in [9.17, 15) is 4.79 Å². The quantitative estimate of drug-likeness (QED) is 0.662. The van der Waals surface area contributed by atoms with Crippen LogP contribution in [-0.4, -0.2) is 43.5 Å². The van der Waals surface area contributed by atoms with E-state index < -0.39 is 0 Å². The Balaban J connectivity index is 2.22. The fraction of sp³-hybridized carbons (Fsp3) is 0.909. The van der Waals surface area contributed by atoms with Gasteiger partial charge in [-0.05, 0) is 38.4 Å². The van der Waals surface area contributed by atoms with E-state index in [1.807, 2.05) is 0 Å². The van der Waals surface area contributed by atoms with E-state index >= 15 is 0 Å². The summed E-state index contributed by atoms with van der Waals surface area (Å²) in [6, 6.07) is 0. The smallest absolute Gasteiger partial charge is 0.218 e. The van der Waals surface area contributed by atoms with E-state index in [0.29, 0.717) is 6.42 Å². The highest BCUT2D eigenvalue weighted by Gasteiger charge is 2.16. The van der Waals surface area contributed by atoms with E-state index in [0.717, 1.165) is 38.6 Å². The maximum Gasteiger partial charge on any atom is 0.218 e. The fourth-order valence-electron chi connectivity index (χ4n) is 2.08. The van der Waals surface area contributed by atoms with Crippen LogP contribution in [0.5, 0.6) is 0 Å². The molecule has 1 amide bonds. The van der Waals surface area contributed by atoms with Gasteiger partial charge >= 0.3 is 0 Å². The third-order valence-corrected chi connectivity index (χ3v) is 3.10. The largest absolute Gasteiger partial charge is 0.370 e. The Morgan fingerprint density at radius 1 is 1.47 bits per heavy atom. The Bertz CT molecular complexity index is 190. The second kappa shape index (κ2) is 6.80. The van der Waals surface area contributed by atoms with Gasteiger partial charge in [-0.1, -0.05) is 6.92 Å². The summed E-state index contributed by atoms with van der Waals surface area (Å²) < 4.78 is 0. The normalized spacial score (nSPS) is 18.3. The van der Waals surface area contributed by atoms with Gasteiger partial charge in [0.05, 0.1) is 0 Å². The first-order valence-electron chi connectivity index (χ1n) is 5.93. The molecule has 0 aromatic rings. The number of amides is 1. The molecule has 4 nitrogen and oxygen atoms in total. The second-order valence-electron chi connectivity index (χ2n) is 4.30. The highest BCUT2D eigenvalue weighted by Crippen LogP contribution is 2.13. The first-order chi connectivity index (χ1) is 7.22. The molecule has 0 atom stereocenters. The Labute approximate surface area is 92.2 Å². The maximum absolute atomic E-state index is 10.7. The summed E-state index contributed by atoms with van der Waals surface area (Å²) >= 11 is 0. The molecule has 88 valence electrons. The van der Waals surface area contributed by atoms with Crippen LogP contribution in [0.25, 0.3) is 0 Å². The van der Waals surface area contributed by atoms with Crippen molar-refractivity contribution in [3.05, 3.63) is 0 Å². The van der Waals surface area contributed by atoms with Crippen LogP contribution >= 0.6 is 0 Å². The fourth-order valence-corrected chi connectivity index (χ4v) is 2.08. The Morgan fingerprint density at radius 3 is 2.67 bits per heavy atom. The summed E-state index contributed by atoms with van der Waals surface area (Å²) in [6.07, 6.45) is 3.00. The zero-order chi connectivity index (χ0) is 11.1. The molecule has 1 heterocycles. The predicted octanol–water partition coefficient (Wildman–Crippen LogP) is 0.183.